The predicted molar refractivity (Wildman–Crippen MR) is 87.3 cm³/mol. The highest BCUT2D eigenvalue weighted by Gasteiger charge is 2.18. The average molecular weight is 288 g/mol. The van der Waals surface area contributed by atoms with Gasteiger partial charge in [0.15, 0.2) is 0 Å². The largest absolute Gasteiger partial charge is 0.356 e. The molecule has 2 rings (SSSR count). The monoisotopic (exact) mass is 288 g/mol. The molecule has 0 spiro atoms. The van der Waals surface area contributed by atoms with Crippen LogP contribution in [-0.4, -0.2) is 36.5 Å². The molecule has 21 heavy (non-hydrogen) atoms. The van der Waals surface area contributed by atoms with Crippen molar-refractivity contribution < 1.29 is 4.79 Å². The molecule has 3 nitrogen and oxygen atoms in total. The van der Waals surface area contributed by atoms with Gasteiger partial charge in [0.05, 0.1) is 0 Å². The number of nitrogens with one attached hydrogen (secondary N) is 1. The molecule has 0 saturated carbocycles. The van der Waals surface area contributed by atoms with Crippen molar-refractivity contribution in [3.63, 3.8) is 0 Å². The van der Waals surface area contributed by atoms with Gasteiger partial charge in [-0.1, -0.05) is 36.8 Å². The van der Waals surface area contributed by atoms with Gasteiger partial charge in [0.25, 0.3) is 0 Å². The maximum Gasteiger partial charge on any atom is 0.221 e. The molecule has 1 atom stereocenters. The van der Waals surface area contributed by atoms with Crippen LogP contribution in [0.3, 0.4) is 0 Å². The number of carbonyl (C=O) groups is 1. The Morgan fingerprint density at radius 2 is 1.90 bits per heavy atom. The molecule has 0 aliphatic carbocycles. The first-order valence-corrected chi connectivity index (χ1v) is 8.30. The molecular formula is C18H28N2O. The van der Waals surface area contributed by atoms with Crippen LogP contribution in [0.2, 0.25) is 0 Å². The summed E-state index contributed by atoms with van der Waals surface area (Å²) in [6.45, 7) is 5.26. The fourth-order valence-electron chi connectivity index (χ4n) is 2.99. The molecule has 116 valence electrons. The molecule has 0 unspecified atom stereocenters. The van der Waals surface area contributed by atoms with Gasteiger partial charge in [-0.3, -0.25) is 4.79 Å². The number of aryl methyl sites for hydroxylation is 1. The standard InChI is InChI=1S/C18H28N2O/c1-16(20-13-6-3-7-14-20)15-18(21)19-12-8-11-17-9-4-2-5-10-17/h2,4-5,9-10,16H,3,6-8,11-15H2,1H3,(H,19,21)/t16-/m1/s1. The zero-order valence-corrected chi connectivity index (χ0v) is 13.2. The molecule has 1 aliphatic heterocycles. The minimum absolute atomic E-state index is 0.195. The lowest BCUT2D eigenvalue weighted by Gasteiger charge is -2.31. The Kier molecular flexibility index (Phi) is 6.74. The van der Waals surface area contributed by atoms with Gasteiger partial charge in [-0.2, -0.15) is 0 Å². The molecule has 0 bridgehead atoms. The highest BCUT2D eigenvalue weighted by molar-refractivity contribution is 5.76. The van der Waals surface area contributed by atoms with Crippen molar-refractivity contribution in [3.8, 4) is 0 Å². The lowest BCUT2D eigenvalue weighted by atomic mass is 10.1. The Bertz CT molecular complexity index is 412. The summed E-state index contributed by atoms with van der Waals surface area (Å²) in [5, 5.41) is 3.06. The molecule has 0 radical (unpaired) electrons. The maximum atomic E-state index is 12.0. The number of benzene rings is 1. The van der Waals surface area contributed by atoms with Gasteiger partial charge >= 0.3 is 0 Å². The van der Waals surface area contributed by atoms with Gasteiger partial charge in [-0.25, -0.2) is 0 Å². The topological polar surface area (TPSA) is 32.3 Å². The van der Waals surface area contributed by atoms with Crippen molar-refractivity contribution in [2.24, 2.45) is 0 Å². The smallest absolute Gasteiger partial charge is 0.221 e. The second kappa shape index (κ2) is 8.83. The first-order valence-electron chi connectivity index (χ1n) is 8.30. The van der Waals surface area contributed by atoms with Crippen LogP contribution in [0.25, 0.3) is 0 Å². The second-order valence-corrected chi connectivity index (χ2v) is 6.09. The first-order chi connectivity index (χ1) is 10.3. The van der Waals surface area contributed by atoms with E-state index in [1.165, 1.54) is 24.8 Å². The molecule has 1 amide bonds. The van der Waals surface area contributed by atoms with E-state index in [4.69, 9.17) is 0 Å². The zero-order chi connectivity index (χ0) is 14.9. The van der Waals surface area contributed by atoms with E-state index in [0.717, 1.165) is 32.5 Å². The molecule has 1 aliphatic rings. The normalized spacial score (nSPS) is 17.4. The Morgan fingerprint density at radius 3 is 2.62 bits per heavy atom. The number of nitrogens with zero attached hydrogens (tertiary/aromatic N) is 1. The summed E-state index contributed by atoms with van der Waals surface area (Å²) in [5.74, 6) is 0.195. The molecule has 1 aromatic rings. The van der Waals surface area contributed by atoms with E-state index in [-0.39, 0.29) is 5.91 Å². The van der Waals surface area contributed by atoms with Crippen LogP contribution in [-0.2, 0) is 11.2 Å². The molecule has 3 heteroatoms. The van der Waals surface area contributed by atoms with Crippen molar-refractivity contribution in [1.29, 1.82) is 0 Å². The van der Waals surface area contributed by atoms with Gasteiger partial charge in [-0.05, 0) is 51.3 Å². The molecule has 1 fully saturated rings. The maximum absolute atomic E-state index is 12.0. The molecule has 1 saturated heterocycles. The van der Waals surface area contributed by atoms with E-state index in [1.54, 1.807) is 0 Å². The third kappa shape index (κ3) is 5.88. The van der Waals surface area contributed by atoms with Crippen molar-refractivity contribution in [2.45, 2.75) is 51.5 Å². The fourth-order valence-corrected chi connectivity index (χ4v) is 2.99. The fraction of sp³-hybridized carbons (Fsp3) is 0.611. The van der Waals surface area contributed by atoms with E-state index in [1.807, 2.05) is 6.07 Å². The summed E-state index contributed by atoms with van der Waals surface area (Å²) in [6, 6.07) is 10.8. The van der Waals surface area contributed by atoms with E-state index >= 15 is 0 Å². The number of hydrogen-bond donors (Lipinski definition) is 1. The lowest BCUT2D eigenvalue weighted by Crippen LogP contribution is -2.40. The summed E-state index contributed by atoms with van der Waals surface area (Å²) in [7, 11) is 0. The van der Waals surface area contributed by atoms with Gasteiger partial charge in [0.1, 0.15) is 0 Å². The molecule has 1 aromatic carbocycles. The SMILES string of the molecule is C[C@H](CC(=O)NCCCc1ccccc1)N1CCCCC1. The van der Waals surface area contributed by atoms with Gasteiger partial charge in [0.2, 0.25) is 5.91 Å². The number of piperidine rings is 1. The summed E-state index contributed by atoms with van der Waals surface area (Å²) in [5.41, 5.74) is 1.34. The summed E-state index contributed by atoms with van der Waals surface area (Å²) in [6.07, 6.45) is 6.57. The van der Waals surface area contributed by atoms with Crippen molar-refractivity contribution in [3.05, 3.63) is 35.9 Å². The van der Waals surface area contributed by atoms with Gasteiger partial charge < -0.3 is 10.2 Å². The van der Waals surface area contributed by atoms with E-state index in [0.29, 0.717) is 12.5 Å². The Labute approximate surface area is 128 Å². The molecule has 0 aromatic heterocycles. The number of hydrogen-bond acceptors (Lipinski definition) is 2. The quantitative estimate of drug-likeness (QED) is 0.782. The average Bonchev–Trinajstić information content (AvgIpc) is 2.53. The minimum atomic E-state index is 0.195. The number of likely N-dealkylation sites (tertiary alicyclic amines) is 1. The van der Waals surface area contributed by atoms with Crippen molar-refractivity contribution in [2.75, 3.05) is 19.6 Å². The van der Waals surface area contributed by atoms with Gasteiger partial charge in [0, 0.05) is 19.0 Å². The predicted octanol–water partition coefficient (Wildman–Crippen LogP) is 3.00. The number of amides is 1. The summed E-state index contributed by atoms with van der Waals surface area (Å²) >= 11 is 0. The van der Waals surface area contributed by atoms with Crippen LogP contribution in [0.5, 0.6) is 0 Å². The first kappa shape index (κ1) is 16.0. The zero-order valence-electron chi connectivity index (χ0n) is 13.2. The highest BCUT2D eigenvalue weighted by Crippen LogP contribution is 2.13. The summed E-state index contributed by atoms with van der Waals surface area (Å²) in [4.78, 5) is 14.4. The van der Waals surface area contributed by atoms with Gasteiger partial charge in [-0.15, -0.1) is 0 Å². The molecule has 1 N–H and O–H groups in total. The van der Waals surface area contributed by atoms with Crippen LogP contribution in [0, 0.1) is 0 Å². The van der Waals surface area contributed by atoms with Crippen LogP contribution in [0.1, 0.15) is 44.6 Å². The van der Waals surface area contributed by atoms with E-state index < -0.39 is 0 Å². The number of carbonyl (C=O) groups excluding carboxylic acids is 1. The molecule has 1 heterocycles. The molecular weight excluding hydrogens is 260 g/mol. The Morgan fingerprint density at radius 1 is 1.19 bits per heavy atom. The van der Waals surface area contributed by atoms with Crippen LogP contribution < -0.4 is 5.32 Å². The Balaban J connectivity index is 1.58. The minimum Gasteiger partial charge on any atom is -0.356 e. The lowest BCUT2D eigenvalue weighted by molar-refractivity contribution is -0.122. The van der Waals surface area contributed by atoms with E-state index in [9.17, 15) is 4.79 Å². The van der Waals surface area contributed by atoms with Crippen LogP contribution >= 0.6 is 0 Å². The van der Waals surface area contributed by atoms with Crippen LogP contribution in [0.15, 0.2) is 30.3 Å². The van der Waals surface area contributed by atoms with E-state index in [2.05, 4.69) is 41.4 Å². The third-order valence-corrected chi connectivity index (χ3v) is 4.30. The van der Waals surface area contributed by atoms with Crippen molar-refractivity contribution in [1.82, 2.24) is 10.2 Å². The van der Waals surface area contributed by atoms with Crippen molar-refractivity contribution >= 4 is 5.91 Å². The van der Waals surface area contributed by atoms with Crippen LogP contribution in [0.4, 0.5) is 0 Å². The summed E-state index contributed by atoms with van der Waals surface area (Å²) < 4.78 is 0. The Hall–Kier alpha value is -1.35. The third-order valence-electron chi connectivity index (χ3n) is 4.30. The highest BCUT2D eigenvalue weighted by atomic mass is 16.1. The number of rotatable bonds is 7. The second-order valence-electron chi connectivity index (χ2n) is 6.09.